The summed E-state index contributed by atoms with van der Waals surface area (Å²) < 4.78 is 29.7. The molecule has 4 rings (SSSR count). The van der Waals surface area contributed by atoms with Crippen LogP contribution in [0.2, 0.25) is 0 Å². The molecular formula is C17H22N8O2S. The average molecular weight is 402 g/mol. The van der Waals surface area contributed by atoms with Gasteiger partial charge in [0, 0.05) is 37.1 Å². The zero-order chi connectivity index (χ0) is 19.7. The SMILES string of the molecule is CCn1ncc(S(=O)(=O)N2CCC[C@@H]2Cn2nnc(-c3ccncc3)n2)c1C. The number of aryl methyl sites for hydroxylation is 1. The van der Waals surface area contributed by atoms with Crippen molar-refractivity contribution in [2.24, 2.45) is 0 Å². The summed E-state index contributed by atoms with van der Waals surface area (Å²) >= 11 is 0. The molecule has 0 aliphatic carbocycles. The first kappa shape index (κ1) is 18.7. The molecule has 28 heavy (non-hydrogen) atoms. The minimum absolute atomic E-state index is 0.214. The molecule has 11 heteroatoms. The number of aromatic nitrogens is 7. The average Bonchev–Trinajstić information content (AvgIpc) is 3.43. The van der Waals surface area contributed by atoms with Crippen LogP contribution < -0.4 is 0 Å². The van der Waals surface area contributed by atoms with Gasteiger partial charge in [-0.3, -0.25) is 9.67 Å². The van der Waals surface area contributed by atoms with Crippen molar-refractivity contribution in [3.05, 3.63) is 36.4 Å². The predicted molar refractivity (Wildman–Crippen MR) is 101 cm³/mol. The maximum atomic E-state index is 13.2. The molecule has 148 valence electrons. The lowest BCUT2D eigenvalue weighted by molar-refractivity contribution is 0.323. The summed E-state index contributed by atoms with van der Waals surface area (Å²) in [6.45, 7) is 5.19. The maximum absolute atomic E-state index is 13.2. The summed E-state index contributed by atoms with van der Waals surface area (Å²) in [6, 6.07) is 3.40. The number of hydrogen-bond donors (Lipinski definition) is 0. The molecule has 1 aliphatic rings. The van der Waals surface area contributed by atoms with E-state index in [1.807, 2.05) is 19.1 Å². The van der Waals surface area contributed by atoms with Gasteiger partial charge in [0.1, 0.15) is 4.90 Å². The van der Waals surface area contributed by atoms with E-state index in [2.05, 4.69) is 25.5 Å². The number of tetrazole rings is 1. The van der Waals surface area contributed by atoms with E-state index < -0.39 is 10.0 Å². The third-order valence-corrected chi connectivity index (χ3v) is 7.09. The van der Waals surface area contributed by atoms with Crippen LogP contribution in [0.5, 0.6) is 0 Å². The third-order valence-electron chi connectivity index (χ3n) is 5.03. The van der Waals surface area contributed by atoms with Crippen molar-refractivity contribution in [3.8, 4) is 11.4 Å². The normalized spacial score (nSPS) is 18.0. The van der Waals surface area contributed by atoms with Gasteiger partial charge < -0.3 is 0 Å². The highest BCUT2D eigenvalue weighted by atomic mass is 32.2. The highest BCUT2D eigenvalue weighted by molar-refractivity contribution is 7.89. The van der Waals surface area contributed by atoms with Gasteiger partial charge in [-0.05, 0) is 44.0 Å². The molecule has 4 heterocycles. The van der Waals surface area contributed by atoms with Crippen molar-refractivity contribution in [3.63, 3.8) is 0 Å². The van der Waals surface area contributed by atoms with E-state index in [4.69, 9.17) is 0 Å². The van der Waals surface area contributed by atoms with E-state index in [0.29, 0.717) is 31.2 Å². The molecule has 0 spiro atoms. The van der Waals surface area contributed by atoms with Crippen molar-refractivity contribution < 1.29 is 8.42 Å². The summed E-state index contributed by atoms with van der Waals surface area (Å²) in [4.78, 5) is 5.72. The first-order valence-corrected chi connectivity index (χ1v) is 10.7. The van der Waals surface area contributed by atoms with Crippen LogP contribution in [0.3, 0.4) is 0 Å². The minimum atomic E-state index is -3.62. The zero-order valence-electron chi connectivity index (χ0n) is 15.8. The van der Waals surface area contributed by atoms with Crippen molar-refractivity contribution in [2.75, 3.05) is 6.54 Å². The van der Waals surface area contributed by atoms with E-state index in [1.54, 1.807) is 28.3 Å². The molecule has 0 radical (unpaired) electrons. The second-order valence-electron chi connectivity index (χ2n) is 6.73. The Hall–Kier alpha value is -2.66. The van der Waals surface area contributed by atoms with Crippen molar-refractivity contribution in [2.45, 2.75) is 50.7 Å². The molecule has 0 aromatic carbocycles. The quantitative estimate of drug-likeness (QED) is 0.607. The van der Waals surface area contributed by atoms with E-state index >= 15 is 0 Å². The zero-order valence-corrected chi connectivity index (χ0v) is 16.6. The molecule has 3 aromatic rings. The summed E-state index contributed by atoms with van der Waals surface area (Å²) in [5.74, 6) is 0.495. The lowest BCUT2D eigenvalue weighted by Gasteiger charge is -2.23. The van der Waals surface area contributed by atoms with Crippen LogP contribution in [0.1, 0.15) is 25.5 Å². The van der Waals surface area contributed by atoms with Gasteiger partial charge in [0.15, 0.2) is 0 Å². The Morgan fingerprint density at radius 1 is 1.25 bits per heavy atom. The van der Waals surface area contributed by atoms with Gasteiger partial charge in [-0.25, -0.2) is 8.42 Å². The highest BCUT2D eigenvalue weighted by Crippen LogP contribution is 2.28. The Kier molecular flexibility index (Phi) is 4.94. The number of nitrogens with zero attached hydrogens (tertiary/aromatic N) is 8. The Morgan fingerprint density at radius 3 is 2.75 bits per heavy atom. The van der Waals surface area contributed by atoms with Crippen molar-refractivity contribution in [1.29, 1.82) is 0 Å². The molecule has 3 aromatic heterocycles. The molecule has 1 aliphatic heterocycles. The van der Waals surface area contributed by atoms with Crippen LogP contribution in [0, 0.1) is 6.92 Å². The van der Waals surface area contributed by atoms with Crippen LogP contribution in [0.25, 0.3) is 11.4 Å². The van der Waals surface area contributed by atoms with E-state index in [1.165, 1.54) is 11.0 Å². The first-order chi connectivity index (χ1) is 13.5. The molecule has 0 unspecified atom stereocenters. The second kappa shape index (κ2) is 7.40. The molecule has 0 amide bonds. The van der Waals surface area contributed by atoms with Gasteiger partial charge in [-0.1, -0.05) is 0 Å². The van der Waals surface area contributed by atoms with Crippen LogP contribution in [0.4, 0.5) is 0 Å². The van der Waals surface area contributed by atoms with Crippen LogP contribution in [-0.2, 0) is 23.1 Å². The Morgan fingerprint density at radius 2 is 2.04 bits per heavy atom. The smallest absolute Gasteiger partial charge is 0.246 e. The van der Waals surface area contributed by atoms with Gasteiger partial charge in [0.2, 0.25) is 15.8 Å². The van der Waals surface area contributed by atoms with Gasteiger partial charge in [0.25, 0.3) is 0 Å². The predicted octanol–water partition coefficient (Wildman–Crippen LogP) is 1.11. The molecule has 0 N–H and O–H groups in total. The van der Waals surface area contributed by atoms with Gasteiger partial charge in [0.05, 0.1) is 18.4 Å². The van der Waals surface area contributed by atoms with Crippen molar-refractivity contribution in [1.82, 2.24) is 39.3 Å². The van der Waals surface area contributed by atoms with Gasteiger partial charge in [-0.2, -0.15) is 14.2 Å². The van der Waals surface area contributed by atoms with Crippen LogP contribution in [0.15, 0.2) is 35.6 Å². The van der Waals surface area contributed by atoms with E-state index in [-0.39, 0.29) is 10.9 Å². The lowest BCUT2D eigenvalue weighted by Crippen LogP contribution is -2.38. The second-order valence-corrected chi connectivity index (χ2v) is 8.58. The fourth-order valence-corrected chi connectivity index (χ4v) is 5.41. The van der Waals surface area contributed by atoms with Crippen LogP contribution in [-0.4, -0.2) is 60.3 Å². The summed E-state index contributed by atoms with van der Waals surface area (Å²) in [5.41, 5.74) is 1.48. The maximum Gasteiger partial charge on any atom is 0.246 e. The van der Waals surface area contributed by atoms with Gasteiger partial charge in [-0.15, -0.1) is 10.2 Å². The molecule has 10 nitrogen and oxygen atoms in total. The summed E-state index contributed by atoms with van der Waals surface area (Å²) in [6.07, 6.45) is 6.34. The largest absolute Gasteiger partial charge is 0.269 e. The molecule has 1 atom stereocenters. The fourth-order valence-electron chi connectivity index (χ4n) is 3.56. The Bertz CT molecular complexity index is 1060. The van der Waals surface area contributed by atoms with Gasteiger partial charge >= 0.3 is 0 Å². The Balaban J connectivity index is 1.56. The van der Waals surface area contributed by atoms with Crippen LogP contribution >= 0.6 is 0 Å². The minimum Gasteiger partial charge on any atom is -0.269 e. The summed E-state index contributed by atoms with van der Waals surface area (Å²) in [5, 5.41) is 16.8. The third kappa shape index (κ3) is 3.31. The number of sulfonamides is 1. The highest BCUT2D eigenvalue weighted by Gasteiger charge is 2.37. The van der Waals surface area contributed by atoms with E-state index in [9.17, 15) is 8.42 Å². The number of rotatable bonds is 6. The summed E-state index contributed by atoms with van der Waals surface area (Å²) in [7, 11) is -3.62. The molecule has 0 bridgehead atoms. The number of hydrogen-bond acceptors (Lipinski definition) is 7. The van der Waals surface area contributed by atoms with E-state index in [0.717, 1.165) is 18.4 Å². The molecule has 0 saturated carbocycles. The molecular weight excluding hydrogens is 380 g/mol. The lowest BCUT2D eigenvalue weighted by atomic mass is 10.2. The standard InChI is InChI=1S/C17H22N8O2S/c1-3-23-13(2)16(11-19-23)28(26,27)24-10-4-5-15(24)12-25-21-17(20-22-25)14-6-8-18-9-7-14/h6-9,11,15H,3-5,10,12H2,1-2H3/t15-/m1/s1. The van der Waals surface area contributed by atoms with Crippen molar-refractivity contribution >= 4 is 10.0 Å². The first-order valence-electron chi connectivity index (χ1n) is 9.23. The fraction of sp³-hybridized carbons (Fsp3) is 0.471. The topological polar surface area (TPSA) is 112 Å². The molecule has 1 fully saturated rings. The molecule has 1 saturated heterocycles. The Labute approximate surface area is 163 Å². The number of pyridine rings is 1. The monoisotopic (exact) mass is 402 g/mol.